The molecule has 0 spiro atoms. The fourth-order valence-corrected chi connectivity index (χ4v) is 1.61. The van der Waals surface area contributed by atoms with E-state index in [1.165, 1.54) is 0 Å². The Morgan fingerprint density at radius 1 is 1.37 bits per heavy atom. The number of rotatable bonds is 5. The molecule has 0 fully saturated rings. The van der Waals surface area contributed by atoms with Crippen molar-refractivity contribution in [2.24, 2.45) is 0 Å². The van der Waals surface area contributed by atoms with Crippen LogP contribution in [0.1, 0.15) is 28.7 Å². The zero-order valence-corrected chi connectivity index (χ0v) is 10.9. The SMILES string of the molecule is CCOC(=O)c1ccccc1OCc1cc(C)on1. The number of ether oxygens (including phenoxy) is 2. The number of esters is 1. The molecule has 0 amide bonds. The average molecular weight is 261 g/mol. The molecule has 1 aromatic carbocycles. The van der Waals surface area contributed by atoms with Crippen LogP contribution in [-0.2, 0) is 11.3 Å². The number of para-hydroxylation sites is 1. The third kappa shape index (κ3) is 3.34. The summed E-state index contributed by atoms with van der Waals surface area (Å²) in [5.41, 5.74) is 1.08. The number of carbonyl (C=O) groups is 1. The summed E-state index contributed by atoms with van der Waals surface area (Å²) in [6, 6.07) is 8.74. The van der Waals surface area contributed by atoms with Crippen LogP contribution >= 0.6 is 0 Å². The third-order valence-electron chi connectivity index (χ3n) is 2.43. The summed E-state index contributed by atoms with van der Waals surface area (Å²) in [6.07, 6.45) is 0. The van der Waals surface area contributed by atoms with Crippen LogP contribution in [0.25, 0.3) is 0 Å². The highest BCUT2D eigenvalue weighted by molar-refractivity contribution is 5.92. The van der Waals surface area contributed by atoms with E-state index in [0.29, 0.717) is 23.6 Å². The van der Waals surface area contributed by atoms with E-state index >= 15 is 0 Å². The monoisotopic (exact) mass is 261 g/mol. The second kappa shape index (κ2) is 6.04. The average Bonchev–Trinajstić information content (AvgIpc) is 2.83. The van der Waals surface area contributed by atoms with Crippen molar-refractivity contribution in [3.8, 4) is 5.75 Å². The van der Waals surface area contributed by atoms with Crippen LogP contribution < -0.4 is 4.74 Å². The number of aryl methyl sites for hydroxylation is 1. The lowest BCUT2D eigenvalue weighted by Gasteiger charge is -2.09. The molecule has 0 atom stereocenters. The Bertz CT molecular complexity index is 562. The number of hydrogen-bond donors (Lipinski definition) is 0. The van der Waals surface area contributed by atoms with E-state index in [9.17, 15) is 4.79 Å². The van der Waals surface area contributed by atoms with Gasteiger partial charge in [0.1, 0.15) is 29.4 Å². The van der Waals surface area contributed by atoms with Crippen molar-refractivity contribution in [1.29, 1.82) is 0 Å². The molecule has 0 bridgehead atoms. The molecule has 0 aliphatic carbocycles. The maximum atomic E-state index is 11.7. The van der Waals surface area contributed by atoms with E-state index < -0.39 is 5.97 Å². The van der Waals surface area contributed by atoms with Gasteiger partial charge in [0.2, 0.25) is 0 Å². The van der Waals surface area contributed by atoms with Gasteiger partial charge in [-0.15, -0.1) is 0 Å². The molecule has 0 unspecified atom stereocenters. The first-order chi connectivity index (χ1) is 9.20. The Kier molecular flexibility index (Phi) is 4.18. The van der Waals surface area contributed by atoms with E-state index in [1.54, 1.807) is 37.3 Å². The maximum Gasteiger partial charge on any atom is 0.341 e. The predicted octanol–water partition coefficient (Wildman–Crippen LogP) is 2.74. The molecule has 0 aliphatic rings. The first kappa shape index (κ1) is 13.1. The standard InChI is InChI=1S/C14H15NO4/c1-3-17-14(16)12-6-4-5-7-13(12)18-9-11-8-10(2)19-15-11/h4-8H,3,9H2,1-2H3. The Labute approximate surface area is 111 Å². The highest BCUT2D eigenvalue weighted by Crippen LogP contribution is 2.20. The summed E-state index contributed by atoms with van der Waals surface area (Å²) in [6.45, 7) is 4.14. The number of hydrogen-bond acceptors (Lipinski definition) is 5. The maximum absolute atomic E-state index is 11.7. The molecule has 19 heavy (non-hydrogen) atoms. The minimum atomic E-state index is -0.394. The van der Waals surface area contributed by atoms with Gasteiger partial charge in [-0.2, -0.15) is 0 Å². The molecule has 2 aromatic rings. The summed E-state index contributed by atoms with van der Waals surface area (Å²) >= 11 is 0. The van der Waals surface area contributed by atoms with E-state index in [0.717, 1.165) is 5.76 Å². The highest BCUT2D eigenvalue weighted by Gasteiger charge is 2.13. The van der Waals surface area contributed by atoms with Crippen LogP contribution in [0.4, 0.5) is 0 Å². The first-order valence-electron chi connectivity index (χ1n) is 6.02. The number of benzene rings is 1. The topological polar surface area (TPSA) is 61.6 Å². The van der Waals surface area contributed by atoms with Crippen molar-refractivity contribution in [3.05, 3.63) is 47.3 Å². The normalized spacial score (nSPS) is 10.2. The molecule has 2 rings (SSSR count). The summed E-state index contributed by atoms with van der Waals surface area (Å²) in [7, 11) is 0. The lowest BCUT2D eigenvalue weighted by atomic mass is 10.2. The fourth-order valence-electron chi connectivity index (χ4n) is 1.61. The quantitative estimate of drug-likeness (QED) is 0.774. The fraction of sp³-hybridized carbons (Fsp3) is 0.286. The molecular formula is C14H15NO4. The van der Waals surface area contributed by atoms with Gasteiger partial charge >= 0.3 is 5.97 Å². The Morgan fingerprint density at radius 3 is 2.84 bits per heavy atom. The van der Waals surface area contributed by atoms with E-state index in [1.807, 2.05) is 6.92 Å². The van der Waals surface area contributed by atoms with Crippen LogP contribution in [0, 0.1) is 6.92 Å². The Morgan fingerprint density at radius 2 is 2.16 bits per heavy atom. The molecule has 0 radical (unpaired) electrons. The van der Waals surface area contributed by atoms with Crippen molar-refractivity contribution >= 4 is 5.97 Å². The van der Waals surface area contributed by atoms with Gasteiger partial charge in [-0.05, 0) is 26.0 Å². The number of aromatic nitrogens is 1. The van der Waals surface area contributed by atoms with Gasteiger partial charge < -0.3 is 14.0 Å². The number of carbonyl (C=O) groups excluding carboxylic acids is 1. The Balaban J connectivity index is 2.09. The molecule has 5 heteroatoms. The lowest BCUT2D eigenvalue weighted by molar-refractivity contribution is 0.0521. The highest BCUT2D eigenvalue weighted by atomic mass is 16.5. The zero-order chi connectivity index (χ0) is 13.7. The van der Waals surface area contributed by atoms with Crippen LogP contribution in [-0.4, -0.2) is 17.7 Å². The largest absolute Gasteiger partial charge is 0.486 e. The van der Waals surface area contributed by atoms with Gasteiger partial charge in [0.05, 0.1) is 6.61 Å². The second-order valence-corrected chi connectivity index (χ2v) is 3.93. The molecule has 1 heterocycles. The first-order valence-corrected chi connectivity index (χ1v) is 6.02. The predicted molar refractivity (Wildman–Crippen MR) is 68.0 cm³/mol. The van der Waals surface area contributed by atoms with Gasteiger partial charge in [0.15, 0.2) is 0 Å². The molecule has 0 N–H and O–H groups in total. The summed E-state index contributed by atoms with van der Waals surface area (Å²) in [4.78, 5) is 11.7. The molecule has 100 valence electrons. The van der Waals surface area contributed by atoms with E-state index in [4.69, 9.17) is 14.0 Å². The smallest absolute Gasteiger partial charge is 0.341 e. The molecule has 0 saturated heterocycles. The van der Waals surface area contributed by atoms with Crippen molar-refractivity contribution in [3.63, 3.8) is 0 Å². The molecule has 1 aromatic heterocycles. The number of nitrogens with zero attached hydrogens (tertiary/aromatic N) is 1. The summed E-state index contributed by atoms with van der Waals surface area (Å²) in [5.74, 6) is 0.799. The van der Waals surface area contributed by atoms with Crippen molar-refractivity contribution in [1.82, 2.24) is 5.16 Å². The van der Waals surface area contributed by atoms with E-state index in [2.05, 4.69) is 5.16 Å². The minimum Gasteiger partial charge on any atom is -0.486 e. The van der Waals surface area contributed by atoms with Crippen LogP contribution in [0.2, 0.25) is 0 Å². The van der Waals surface area contributed by atoms with Crippen LogP contribution in [0.5, 0.6) is 5.75 Å². The molecule has 0 saturated carbocycles. The lowest BCUT2D eigenvalue weighted by Crippen LogP contribution is -2.07. The van der Waals surface area contributed by atoms with Crippen molar-refractivity contribution in [2.45, 2.75) is 20.5 Å². The van der Waals surface area contributed by atoms with Crippen LogP contribution in [0.15, 0.2) is 34.9 Å². The van der Waals surface area contributed by atoms with Crippen molar-refractivity contribution < 1.29 is 18.8 Å². The Hall–Kier alpha value is -2.30. The van der Waals surface area contributed by atoms with E-state index in [-0.39, 0.29) is 6.61 Å². The van der Waals surface area contributed by atoms with Gasteiger partial charge in [0, 0.05) is 6.07 Å². The third-order valence-corrected chi connectivity index (χ3v) is 2.43. The molecule has 5 nitrogen and oxygen atoms in total. The van der Waals surface area contributed by atoms with Crippen molar-refractivity contribution in [2.75, 3.05) is 6.61 Å². The second-order valence-electron chi connectivity index (χ2n) is 3.93. The minimum absolute atomic E-state index is 0.244. The van der Waals surface area contributed by atoms with Gasteiger partial charge in [-0.25, -0.2) is 4.79 Å². The zero-order valence-electron chi connectivity index (χ0n) is 10.9. The molecule has 0 aliphatic heterocycles. The van der Waals surface area contributed by atoms with Gasteiger partial charge in [-0.1, -0.05) is 17.3 Å². The molecular weight excluding hydrogens is 246 g/mol. The summed E-state index contributed by atoms with van der Waals surface area (Å²) in [5, 5.41) is 3.83. The summed E-state index contributed by atoms with van der Waals surface area (Å²) < 4.78 is 15.5. The van der Waals surface area contributed by atoms with Gasteiger partial charge in [0.25, 0.3) is 0 Å². The van der Waals surface area contributed by atoms with Crippen LogP contribution in [0.3, 0.4) is 0 Å². The van der Waals surface area contributed by atoms with Gasteiger partial charge in [-0.3, -0.25) is 0 Å².